The first kappa shape index (κ1) is 13.3. The number of methoxy groups -OCH3 is 1. The Hall–Kier alpha value is -2.10. The Labute approximate surface area is 113 Å². The fourth-order valence-corrected chi connectivity index (χ4v) is 2.24. The van der Waals surface area contributed by atoms with Crippen molar-refractivity contribution in [3.05, 3.63) is 35.3 Å². The number of benzene rings is 1. The zero-order valence-corrected chi connectivity index (χ0v) is 11.8. The summed E-state index contributed by atoms with van der Waals surface area (Å²) in [5.41, 5.74) is 9.98. The van der Waals surface area contributed by atoms with Crippen LogP contribution in [-0.2, 0) is 6.42 Å². The maximum Gasteiger partial charge on any atom is 0.135 e. The Balaban J connectivity index is 2.70. The Kier molecular flexibility index (Phi) is 3.69. The molecular weight excluding hydrogens is 238 g/mol. The van der Waals surface area contributed by atoms with Gasteiger partial charge < -0.3 is 10.5 Å². The van der Waals surface area contributed by atoms with Crippen molar-refractivity contribution in [1.82, 2.24) is 9.97 Å². The predicted molar refractivity (Wildman–Crippen MR) is 77.3 cm³/mol. The molecule has 19 heavy (non-hydrogen) atoms. The van der Waals surface area contributed by atoms with E-state index in [0.29, 0.717) is 11.6 Å². The van der Waals surface area contributed by atoms with E-state index in [0.717, 1.165) is 29.0 Å². The highest BCUT2D eigenvalue weighted by Gasteiger charge is 2.15. The highest BCUT2D eigenvalue weighted by molar-refractivity contribution is 5.80. The number of nitrogens with zero attached hydrogens (tertiary/aromatic N) is 2. The van der Waals surface area contributed by atoms with E-state index in [2.05, 4.69) is 29.0 Å². The second kappa shape index (κ2) is 5.26. The molecule has 0 saturated carbocycles. The van der Waals surface area contributed by atoms with Crippen molar-refractivity contribution in [3.63, 3.8) is 0 Å². The average molecular weight is 257 g/mol. The smallest absolute Gasteiger partial charge is 0.135 e. The first-order valence-electron chi connectivity index (χ1n) is 6.34. The van der Waals surface area contributed by atoms with Gasteiger partial charge in [0.05, 0.1) is 12.8 Å². The third-order valence-electron chi connectivity index (χ3n) is 3.17. The molecule has 0 radical (unpaired) electrons. The third kappa shape index (κ3) is 2.52. The summed E-state index contributed by atoms with van der Waals surface area (Å²) in [6.45, 7) is 5.90. The lowest BCUT2D eigenvalue weighted by atomic mass is 10.00. The number of hydrogen-bond acceptors (Lipinski definition) is 4. The van der Waals surface area contributed by atoms with Gasteiger partial charge in [-0.1, -0.05) is 13.0 Å². The molecule has 4 heteroatoms. The molecule has 2 rings (SSSR count). The van der Waals surface area contributed by atoms with Crippen LogP contribution >= 0.6 is 0 Å². The summed E-state index contributed by atoms with van der Waals surface area (Å²) in [5.74, 6) is 1.97. The van der Waals surface area contributed by atoms with Crippen molar-refractivity contribution in [3.8, 4) is 16.9 Å². The molecule has 1 aromatic carbocycles. The first-order chi connectivity index (χ1) is 9.06. The number of hydrogen-bond donors (Lipinski definition) is 1. The summed E-state index contributed by atoms with van der Waals surface area (Å²) in [5, 5.41) is 0. The SMILES string of the molecule is CCc1ccc(OC)c(-c2c(C)nc(C)nc2N)c1. The van der Waals surface area contributed by atoms with Crippen LogP contribution in [0.15, 0.2) is 18.2 Å². The molecule has 0 saturated heterocycles. The van der Waals surface area contributed by atoms with Crippen molar-refractivity contribution in [2.45, 2.75) is 27.2 Å². The van der Waals surface area contributed by atoms with Crippen molar-refractivity contribution < 1.29 is 4.74 Å². The normalized spacial score (nSPS) is 10.5. The van der Waals surface area contributed by atoms with Crippen LogP contribution in [0.4, 0.5) is 5.82 Å². The quantitative estimate of drug-likeness (QED) is 0.918. The fourth-order valence-electron chi connectivity index (χ4n) is 2.24. The summed E-state index contributed by atoms with van der Waals surface area (Å²) < 4.78 is 5.43. The number of aromatic nitrogens is 2. The Morgan fingerprint density at radius 3 is 2.53 bits per heavy atom. The van der Waals surface area contributed by atoms with Crippen LogP contribution in [0.1, 0.15) is 24.0 Å². The molecule has 0 aliphatic carbocycles. The van der Waals surface area contributed by atoms with Crippen LogP contribution in [0.25, 0.3) is 11.1 Å². The van der Waals surface area contributed by atoms with E-state index in [1.165, 1.54) is 5.56 Å². The summed E-state index contributed by atoms with van der Waals surface area (Å²) in [7, 11) is 1.66. The molecule has 100 valence electrons. The van der Waals surface area contributed by atoms with E-state index in [1.807, 2.05) is 19.9 Å². The fraction of sp³-hybridized carbons (Fsp3) is 0.333. The summed E-state index contributed by atoms with van der Waals surface area (Å²) >= 11 is 0. The van der Waals surface area contributed by atoms with Gasteiger partial charge in [0.15, 0.2) is 0 Å². The molecule has 0 amide bonds. The molecule has 0 aliphatic rings. The van der Waals surface area contributed by atoms with Crippen molar-refractivity contribution in [1.29, 1.82) is 0 Å². The number of anilines is 1. The topological polar surface area (TPSA) is 61.0 Å². The molecule has 4 nitrogen and oxygen atoms in total. The van der Waals surface area contributed by atoms with Gasteiger partial charge in [0.2, 0.25) is 0 Å². The maximum atomic E-state index is 6.06. The second-order valence-electron chi connectivity index (χ2n) is 4.50. The number of rotatable bonds is 3. The van der Waals surface area contributed by atoms with Crippen molar-refractivity contribution in [2.75, 3.05) is 12.8 Å². The van der Waals surface area contributed by atoms with Crippen LogP contribution in [0.3, 0.4) is 0 Å². The van der Waals surface area contributed by atoms with Gasteiger partial charge in [0.25, 0.3) is 0 Å². The van der Waals surface area contributed by atoms with Gasteiger partial charge in [0.1, 0.15) is 17.4 Å². The minimum Gasteiger partial charge on any atom is -0.496 e. The highest BCUT2D eigenvalue weighted by Crippen LogP contribution is 2.35. The van der Waals surface area contributed by atoms with Gasteiger partial charge in [0, 0.05) is 11.1 Å². The zero-order chi connectivity index (χ0) is 14.0. The monoisotopic (exact) mass is 257 g/mol. The van der Waals surface area contributed by atoms with Crippen molar-refractivity contribution >= 4 is 5.82 Å². The largest absolute Gasteiger partial charge is 0.496 e. The van der Waals surface area contributed by atoms with Gasteiger partial charge in [-0.25, -0.2) is 9.97 Å². The molecule has 0 spiro atoms. The Morgan fingerprint density at radius 2 is 1.95 bits per heavy atom. The second-order valence-corrected chi connectivity index (χ2v) is 4.50. The molecule has 0 atom stereocenters. The molecular formula is C15H19N3O. The van der Waals surface area contributed by atoms with E-state index in [1.54, 1.807) is 7.11 Å². The average Bonchev–Trinajstić information content (AvgIpc) is 2.37. The van der Waals surface area contributed by atoms with Gasteiger partial charge >= 0.3 is 0 Å². The van der Waals surface area contributed by atoms with Crippen LogP contribution in [0.2, 0.25) is 0 Å². The van der Waals surface area contributed by atoms with E-state index in [9.17, 15) is 0 Å². The van der Waals surface area contributed by atoms with Crippen LogP contribution in [0.5, 0.6) is 5.75 Å². The minimum absolute atomic E-state index is 0.497. The summed E-state index contributed by atoms with van der Waals surface area (Å²) in [6.07, 6.45) is 0.961. The summed E-state index contributed by atoms with van der Waals surface area (Å²) in [6, 6.07) is 6.12. The predicted octanol–water partition coefficient (Wildman–Crippen LogP) is 2.91. The summed E-state index contributed by atoms with van der Waals surface area (Å²) in [4.78, 5) is 8.65. The standard InChI is InChI=1S/C15H19N3O/c1-5-11-6-7-13(19-4)12(8-11)14-9(2)17-10(3)18-15(14)16/h6-8H,5H2,1-4H3,(H2,16,17,18). The molecule has 0 fully saturated rings. The molecule has 0 bridgehead atoms. The minimum atomic E-state index is 0.497. The molecule has 1 heterocycles. The lowest BCUT2D eigenvalue weighted by Crippen LogP contribution is -2.03. The molecule has 0 unspecified atom stereocenters. The maximum absolute atomic E-state index is 6.06. The molecule has 2 N–H and O–H groups in total. The van der Waals surface area contributed by atoms with E-state index < -0.39 is 0 Å². The molecule has 2 aromatic rings. The third-order valence-corrected chi connectivity index (χ3v) is 3.17. The van der Waals surface area contributed by atoms with Gasteiger partial charge in [-0.3, -0.25) is 0 Å². The molecule has 0 aliphatic heterocycles. The van der Waals surface area contributed by atoms with E-state index in [4.69, 9.17) is 10.5 Å². The number of ether oxygens (including phenoxy) is 1. The first-order valence-corrected chi connectivity index (χ1v) is 6.34. The van der Waals surface area contributed by atoms with Crippen LogP contribution in [0, 0.1) is 13.8 Å². The van der Waals surface area contributed by atoms with Crippen LogP contribution in [-0.4, -0.2) is 17.1 Å². The van der Waals surface area contributed by atoms with E-state index >= 15 is 0 Å². The Morgan fingerprint density at radius 1 is 1.21 bits per heavy atom. The number of nitrogens with two attached hydrogens (primary N) is 1. The van der Waals surface area contributed by atoms with E-state index in [-0.39, 0.29) is 0 Å². The van der Waals surface area contributed by atoms with Crippen molar-refractivity contribution in [2.24, 2.45) is 0 Å². The lowest BCUT2D eigenvalue weighted by molar-refractivity contribution is 0.416. The Bertz CT molecular complexity index is 585. The number of nitrogen functional groups attached to an aromatic ring is 1. The lowest BCUT2D eigenvalue weighted by Gasteiger charge is -2.14. The van der Waals surface area contributed by atoms with Crippen LogP contribution < -0.4 is 10.5 Å². The zero-order valence-electron chi connectivity index (χ0n) is 11.8. The number of aryl methyl sites for hydroxylation is 3. The molecule has 1 aromatic heterocycles. The van der Waals surface area contributed by atoms with Gasteiger partial charge in [-0.05, 0) is 38.0 Å². The van der Waals surface area contributed by atoms with Gasteiger partial charge in [-0.15, -0.1) is 0 Å². The van der Waals surface area contributed by atoms with Gasteiger partial charge in [-0.2, -0.15) is 0 Å². The highest BCUT2D eigenvalue weighted by atomic mass is 16.5.